The van der Waals surface area contributed by atoms with Gasteiger partial charge in [0, 0.05) is 0 Å². The maximum Gasteiger partial charge on any atom is 0.404 e. The van der Waals surface area contributed by atoms with Crippen molar-refractivity contribution in [2.75, 3.05) is 20.1 Å². The van der Waals surface area contributed by atoms with E-state index < -0.39 is 12.2 Å². The first-order valence-electron chi connectivity index (χ1n) is 5.26. The van der Waals surface area contributed by atoms with Gasteiger partial charge in [-0.1, -0.05) is 13.8 Å². The second-order valence-corrected chi connectivity index (χ2v) is 4.30. The maximum atomic E-state index is 12.6. The molecule has 2 N–H and O–H groups in total. The lowest BCUT2D eigenvalue weighted by Gasteiger charge is -2.30. The van der Waals surface area contributed by atoms with Crippen LogP contribution < -0.4 is 5.73 Å². The minimum atomic E-state index is -4.18. The fraction of sp³-hybridized carbons (Fsp3) is 1.00. The highest BCUT2D eigenvalue weighted by Crippen LogP contribution is 2.26. The van der Waals surface area contributed by atoms with E-state index in [-0.39, 0.29) is 13.0 Å². The van der Waals surface area contributed by atoms with E-state index in [2.05, 4.69) is 0 Å². The average Bonchev–Trinajstić information content (AvgIpc) is 2.08. The predicted octanol–water partition coefficient (Wildman–Crippen LogP) is 2.24. The van der Waals surface area contributed by atoms with E-state index in [0.717, 1.165) is 6.42 Å². The van der Waals surface area contributed by atoms with Crippen molar-refractivity contribution in [3.05, 3.63) is 0 Å². The molecule has 0 aromatic carbocycles. The first-order chi connectivity index (χ1) is 6.79. The molecule has 0 saturated carbocycles. The molecule has 5 heteroatoms. The zero-order valence-corrected chi connectivity index (χ0v) is 9.64. The molecule has 0 fully saturated rings. The minimum absolute atomic E-state index is 0.0297. The molecular weight excluding hydrogens is 205 g/mol. The lowest BCUT2D eigenvalue weighted by molar-refractivity contribution is -0.181. The van der Waals surface area contributed by atoms with Crippen LogP contribution in [0.1, 0.15) is 26.7 Å². The number of hydrogen-bond donors (Lipinski definition) is 1. The van der Waals surface area contributed by atoms with Crippen LogP contribution in [0.3, 0.4) is 0 Å². The Balaban J connectivity index is 4.23. The van der Waals surface area contributed by atoms with Gasteiger partial charge in [-0.2, -0.15) is 13.2 Å². The summed E-state index contributed by atoms with van der Waals surface area (Å²) in [6, 6.07) is -1.40. The van der Waals surface area contributed by atoms with Crippen molar-refractivity contribution in [3.8, 4) is 0 Å². The number of halogens is 3. The molecule has 0 aliphatic heterocycles. The van der Waals surface area contributed by atoms with Gasteiger partial charge < -0.3 is 5.73 Å². The van der Waals surface area contributed by atoms with E-state index in [1.807, 2.05) is 13.8 Å². The summed E-state index contributed by atoms with van der Waals surface area (Å²) >= 11 is 0. The summed E-state index contributed by atoms with van der Waals surface area (Å²) in [7, 11) is 1.51. The molecule has 0 aliphatic rings. The van der Waals surface area contributed by atoms with Crippen LogP contribution in [0.15, 0.2) is 0 Å². The van der Waals surface area contributed by atoms with Crippen LogP contribution in [0.2, 0.25) is 0 Å². The molecule has 0 spiro atoms. The molecule has 0 amide bonds. The largest absolute Gasteiger partial charge is 0.404 e. The van der Waals surface area contributed by atoms with Crippen molar-refractivity contribution in [1.29, 1.82) is 0 Å². The molecule has 0 radical (unpaired) electrons. The summed E-state index contributed by atoms with van der Waals surface area (Å²) < 4.78 is 37.8. The van der Waals surface area contributed by atoms with Crippen LogP contribution >= 0.6 is 0 Å². The van der Waals surface area contributed by atoms with Crippen LogP contribution in [0.25, 0.3) is 0 Å². The normalized spacial score (nSPS) is 15.0. The third kappa shape index (κ3) is 5.99. The molecule has 15 heavy (non-hydrogen) atoms. The van der Waals surface area contributed by atoms with Gasteiger partial charge in [0.15, 0.2) is 0 Å². The molecule has 2 nitrogen and oxygen atoms in total. The smallest absolute Gasteiger partial charge is 0.330 e. The van der Waals surface area contributed by atoms with Crippen LogP contribution in [0.5, 0.6) is 0 Å². The minimum Gasteiger partial charge on any atom is -0.330 e. The van der Waals surface area contributed by atoms with Gasteiger partial charge in [-0.15, -0.1) is 0 Å². The van der Waals surface area contributed by atoms with Crippen molar-refractivity contribution in [1.82, 2.24) is 4.90 Å². The number of rotatable bonds is 6. The van der Waals surface area contributed by atoms with Gasteiger partial charge >= 0.3 is 6.18 Å². The Bertz CT molecular complexity index is 169. The number of alkyl halides is 3. The van der Waals surface area contributed by atoms with E-state index in [4.69, 9.17) is 5.73 Å². The Morgan fingerprint density at radius 3 is 2.07 bits per heavy atom. The van der Waals surface area contributed by atoms with Gasteiger partial charge in [-0.05, 0) is 38.9 Å². The molecule has 0 heterocycles. The summed E-state index contributed by atoms with van der Waals surface area (Å²) in [5, 5.41) is 0. The SMILES string of the molecule is CC(C)CCN(C)C(CCN)C(F)(F)F. The lowest BCUT2D eigenvalue weighted by atomic mass is 10.1. The fourth-order valence-corrected chi connectivity index (χ4v) is 1.41. The second-order valence-electron chi connectivity index (χ2n) is 4.30. The summed E-state index contributed by atoms with van der Waals surface area (Å²) in [5.74, 6) is 0.416. The Morgan fingerprint density at radius 2 is 1.73 bits per heavy atom. The predicted molar refractivity (Wildman–Crippen MR) is 55.6 cm³/mol. The number of nitrogens with two attached hydrogens (primary N) is 1. The summed E-state index contributed by atoms with van der Waals surface area (Å²) in [5.41, 5.74) is 5.19. The van der Waals surface area contributed by atoms with Gasteiger partial charge in [0.2, 0.25) is 0 Å². The van der Waals surface area contributed by atoms with E-state index in [0.29, 0.717) is 12.5 Å². The standard InChI is InChI=1S/C10H21F3N2/c1-8(2)5-7-15(3)9(4-6-14)10(11,12)13/h8-9H,4-7,14H2,1-3H3. The van der Waals surface area contributed by atoms with Gasteiger partial charge in [-0.3, -0.25) is 4.90 Å². The first kappa shape index (κ1) is 14.7. The maximum absolute atomic E-state index is 12.6. The molecule has 0 bridgehead atoms. The van der Waals surface area contributed by atoms with Crippen molar-refractivity contribution >= 4 is 0 Å². The molecule has 0 saturated heterocycles. The van der Waals surface area contributed by atoms with Gasteiger partial charge in [0.05, 0.1) is 0 Å². The Labute approximate surface area is 89.6 Å². The first-order valence-corrected chi connectivity index (χ1v) is 5.26. The molecule has 92 valence electrons. The molecule has 1 unspecified atom stereocenters. The highest BCUT2D eigenvalue weighted by Gasteiger charge is 2.41. The van der Waals surface area contributed by atoms with E-state index >= 15 is 0 Å². The number of hydrogen-bond acceptors (Lipinski definition) is 2. The topological polar surface area (TPSA) is 29.3 Å². The van der Waals surface area contributed by atoms with Crippen LogP contribution in [-0.4, -0.2) is 37.3 Å². The van der Waals surface area contributed by atoms with E-state index in [9.17, 15) is 13.2 Å². The molecule has 1 atom stereocenters. The Morgan fingerprint density at radius 1 is 1.20 bits per heavy atom. The summed E-state index contributed by atoms with van der Waals surface area (Å²) in [6.07, 6.45) is -3.43. The van der Waals surface area contributed by atoms with E-state index in [1.54, 1.807) is 0 Å². The molecule has 0 aromatic rings. The quantitative estimate of drug-likeness (QED) is 0.752. The Hall–Kier alpha value is -0.290. The van der Waals surface area contributed by atoms with E-state index in [1.165, 1.54) is 11.9 Å². The highest BCUT2D eigenvalue weighted by atomic mass is 19.4. The zero-order valence-electron chi connectivity index (χ0n) is 9.64. The second kappa shape index (κ2) is 6.33. The van der Waals surface area contributed by atoms with Crippen LogP contribution in [0.4, 0.5) is 13.2 Å². The van der Waals surface area contributed by atoms with Gasteiger partial charge in [-0.25, -0.2) is 0 Å². The van der Waals surface area contributed by atoms with Crippen LogP contribution in [0, 0.1) is 5.92 Å². The van der Waals surface area contributed by atoms with Gasteiger partial charge in [0.1, 0.15) is 6.04 Å². The van der Waals surface area contributed by atoms with Crippen molar-refractivity contribution < 1.29 is 13.2 Å². The third-order valence-corrected chi connectivity index (χ3v) is 2.41. The van der Waals surface area contributed by atoms with Gasteiger partial charge in [0.25, 0.3) is 0 Å². The Kier molecular flexibility index (Phi) is 6.20. The fourth-order valence-electron chi connectivity index (χ4n) is 1.41. The van der Waals surface area contributed by atoms with Crippen LogP contribution in [-0.2, 0) is 0 Å². The highest BCUT2D eigenvalue weighted by molar-refractivity contribution is 4.77. The summed E-state index contributed by atoms with van der Waals surface area (Å²) in [4.78, 5) is 1.35. The number of nitrogens with zero attached hydrogens (tertiary/aromatic N) is 1. The lowest BCUT2D eigenvalue weighted by Crippen LogP contribution is -2.45. The molecule has 0 aliphatic carbocycles. The van der Waals surface area contributed by atoms with Crippen molar-refractivity contribution in [2.24, 2.45) is 11.7 Å². The zero-order chi connectivity index (χ0) is 12.1. The third-order valence-electron chi connectivity index (χ3n) is 2.41. The molecule has 0 aromatic heterocycles. The molecule has 0 rings (SSSR count). The summed E-state index contributed by atoms with van der Waals surface area (Å²) in [6.45, 7) is 4.52. The monoisotopic (exact) mass is 226 g/mol. The van der Waals surface area contributed by atoms with Crippen molar-refractivity contribution in [2.45, 2.75) is 38.9 Å². The van der Waals surface area contributed by atoms with Crippen molar-refractivity contribution in [3.63, 3.8) is 0 Å². The molecular formula is C10H21F3N2. The average molecular weight is 226 g/mol.